The van der Waals surface area contributed by atoms with Crippen LogP contribution >= 0.6 is 0 Å². The third-order valence-electron chi connectivity index (χ3n) is 4.02. The van der Waals surface area contributed by atoms with Gasteiger partial charge in [-0.15, -0.1) is 0 Å². The van der Waals surface area contributed by atoms with E-state index >= 15 is 0 Å². The molecule has 2 aromatic rings. The van der Waals surface area contributed by atoms with Gasteiger partial charge >= 0.3 is 6.18 Å². The van der Waals surface area contributed by atoms with Crippen LogP contribution in [0.2, 0.25) is 0 Å². The molecule has 3 rings (SSSR count). The van der Waals surface area contributed by atoms with Crippen molar-refractivity contribution < 1.29 is 27.4 Å². The first kappa shape index (κ1) is 18.1. The second-order valence-electron chi connectivity index (χ2n) is 6.02. The number of nitrogens with one attached hydrogen (secondary N) is 1. The molecule has 2 aromatic carbocycles. The number of fused-ring (bicyclic) bond motifs is 1. The van der Waals surface area contributed by atoms with Gasteiger partial charge in [-0.2, -0.15) is 13.2 Å². The monoisotopic (exact) mass is 365 g/mol. The summed E-state index contributed by atoms with van der Waals surface area (Å²) in [5, 5.41) is 2.52. The van der Waals surface area contributed by atoms with E-state index in [4.69, 9.17) is 9.47 Å². The van der Waals surface area contributed by atoms with Crippen molar-refractivity contribution in [3.8, 4) is 11.5 Å². The highest BCUT2D eigenvalue weighted by Gasteiger charge is 2.35. The molecular formula is C19H18F3NO3. The van der Waals surface area contributed by atoms with Crippen LogP contribution < -0.4 is 14.8 Å². The van der Waals surface area contributed by atoms with Crippen LogP contribution in [0.15, 0.2) is 36.4 Å². The molecule has 0 fully saturated rings. The second-order valence-corrected chi connectivity index (χ2v) is 6.02. The van der Waals surface area contributed by atoms with Crippen LogP contribution in [0.5, 0.6) is 11.5 Å². The zero-order chi connectivity index (χ0) is 18.9. The summed E-state index contributed by atoms with van der Waals surface area (Å²) in [6.45, 7) is 4.06. The highest BCUT2D eigenvalue weighted by Crippen LogP contribution is 2.39. The zero-order valence-corrected chi connectivity index (χ0v) is 14.3. The highest BCUT2D eigenvalue weighted by atomic mass is 19.4. The molecule has 26 heavy (non-hydrogen) atoms. The Bertz CT molecular complexity index is 833. The number of halogens is 3. The first-order chi connectivity index (χ1) is 12.3. The van der Waals surface area contributed by atoms with Gasteiger partial charge in [-0.1, -0.05) is 12.1 Å². The van der Waals surface area contributed by atoms with Crippen molar-refractivity contribution in [1.82, 2.24) is 0 Å². The molecule has 1 aliphatic heterocycles. The number of alkyl halides is 3. The summed E-state index contributed by atoms with van der Waals surface area (Å²) < 4.78 is 50.6. The van der Waals surface area contributed by atoms with Crippen LogP contribution in [-0.4, -0.2) is 18.6 Å². The fraction of sp³-hybridized carbons (Fsp3) is 0.316. The lowest BCUT2D eigenvalue weighted by molar-refractivity contribution is -0.137. The minimum absolute atomic E-state index is 0.00335. The van der Waals surface area contributed by atoms with E-state index in [1.165, 1.54) is 12.1 Å². The van der Waals surface area contributed by atoms with Gasteiger partial charge in [0.2, 0.25) is 0 Å². The zero-order valence-electron chi connectivity index (χ0n) is 14.3. The van der Waals surface area contributed by atoms with Gasteiger partial charge < -0.3 is 14.8 Å². The molecule has 7 heteroatoms. The molecule has 0 saturated carbocycles. The van der Waals surface area contributed by atoms with Crippen molar-refractivity contribution >= 4 is 11.6 Å². The summed E-state index contributed by atoms with van der Waals surface area (Å²) >= 11 is 0. The first-order valence-electron chi connectivity index (χ1n) is 8.23. The number of benzene rings is 2. The fourth-order valence-corrected chi connectivity index (χ4v) is 2.93. The third-order valence-corrected chi connectivity index (χ3v) is 4.02. The molecule has 0 saturated heterocycles. The summed E-state index contributed by atoms with van der Waals surface area (Å²) in [5.41, 5.74) is -0.213. The lowest BCUT2D eigenvalue weighted by atomic mass is 10.1. The van der Waals surface area contributed by atoms with Crippen LogP contribution in [0, 0.1) is 0 Å². The van der Waals surface area contributed by atoms with Gasteiger partial charge in [0.25, 0.3) is 5.91 Å². The molecule has 1 N–H and O–H groups in total. The highest BCUT2D eigenvalue weighted by molar-refractivity contribution is 6.06. The van der Waals surface area contributed by atoms with E-state index in [1.54, 1.807) is 19.1 Å². The van der Waals surface area contributed by atoms with E-state index in [9.17, 15) is 18.0 Å². The molecule has 0 radical (unpaired) electrons. The predicted octanol–water partition coefficient (Wildman–Crippen LogP) is 4.68. The van der Waals surface area contributed by atoms with Gasteiger partial charge in [-0.25, -0.2) is 0 Å². The third kappa shape index (κ3) is 3.61. The Morgan fingerprint density at radius 1 is 1.31 bits per heavy atom. The molecule has 0 aliphatic carbocycles. The van der Waals surface area contributed by atoms with Gasteiger partial charge in [0, 0.05) is 18.1 Å². The van der Waals surface area contributed by atoms with Crippen LogP contribution in [0.25, 0.3) is 0 Å². The number of hydrogen-bond donors (Lipinski definition) is 1. The van der Waals surface area contributed by atoms with Crippen molar-refractivity contribution in [1.29, 1.82) is 0 Å². The summed E-state index contributed by atoms with van der Waals surface area (Å²) in [6.07, 6.45) is -3.91. The maximum atomic E-state index is 13.1. The lowest BCUT2D eigenvalue weighted by Crippen LogP contribution is -2.19. The van der Waals surface area contributed by atoms with Gasteiger partial charge in [-0.05, 0) is 32.0 Å². The lowest BCUT2D eigenvalue weighted by Gasteiger charge is -2.16. The Balaban J connectivity index is 1.94. The minimum Gasteiger partial charge on any atom is -0.492 e. The number of hydrogen-bond acceptors (Lipinski definition) is 3. The topological polar surface area (TPSA) is 47.6 Å². The average Bonchev–Trinajstić information content (AvgIpc) is 2.93. The Kier molecular flexibility index (Phi) is 4.80. The van der Waals surface area contributed by atoms with E-state index in [2.05, 4.69) is 5.32 Å². The smallest absolute Gasteiger partial charge is 0.417 e. The molecule has 1 atom stereocenters. The largest absolute Gasteiger partial charge is 0.492 e. The molecule has 1 amide bonds. The fourth-order valence-electron chi connectivity index (χ4n) is 2.93. The Hall–Kier alpha value is -2.70. The predicted molar refractivity (Wildman–Crippen MR) is 90.8 cm³/mol. The van der Waals surface area contributed by atoms with E-state index in [0.717, 1.165) is 17.7 Å². The summed E-state index contributed by atoms with van der Waals surface area (Å²) in [4.78, 5) is 12.5. The number of carbonyl (C=O) groups excluding carboxylic acids is 1. The standard InChI is InChI=1S/C19H18F3NO3/c1-3-25-17-9-12-8-11(2)26-16(12)10-15(17)23-18(24)13-6-4-5-7-14(13)19(20,21)22/h4-7,9-11H,3,8H2,1-2H3,(H,23,24)/t11-/m0/s1. The van der Waals surface area contributed by atoms with Crippen molar-refractivity contribution in [2.45, 2.75) is 32.5 Å². The average molecular weight is 365 g/mol. The molecule has 0 aromatic heterocycles. The van der Waals surface area contributed by atoms with Crippen molar-refractivity contribution in [3.05, 3.63) is 53.1 Å². The summed E-state index contributed by atoms with van der Waals surface area (Å²) in [7, 11) is 0. The van der Waals surface area contributed by atoms with Gasteiger partial charge in [0.1, 0.15) is 17.6 Å². The molecule has 1 heterocycles. The molecule has 0 unspecified atom stereocenters. The van der Waals surface area contributed by atoms with Crippen molar-refractivity contribution in [2.24, 2.45) is 0 Å². The van der Waals surface area contributed by atoms with E-state index in [1.807, 2.05) is 6.92 Å². The van der Waals surface area contributed by atoms with Gasteiger partial charge in [0.15, 0.2) is 0 Å². The second kappa shape index (κ2) is 6.90. The molecule has 1 aliphatic rings. The number of carbonyl (C=O) groups is 1. The molecule has 4 nitrogen and oxygen atoms in total. The number of rotatable bonds is 4. The number of anilines is 1. The van der Waals surface area contributed by atoms with E-state index in [0.29, 0.717) is 24.5 Å². The van der Waals surface area contributed by atoms with Crippen LogP contribution in [0.4, 0.5) is 18.9 Å². The van der Waals surface area contributed by atoms with Crippen LogP contribution in [0.1, 0.15) is 35.3 Å². The van der Waals surface area contributed by atoms with Crippen molar-refractivity contribution in [3.63, 3.8) is 0 Å². The normalized spacial score (nSPS) is 16.0. The molecule has 138 valence electrons. The van der Waals surface area contributed by atoms with Gasteiger partial charge in [0.05, 0.1) is 23.4 Å². The first-order valence-corrected chi connectivity index (χ1v) is 8.23. The minimum atomic E-state index is -4.62. The quantitative estimate of drug-likeness (QED) is 0.856. The number of ether oxygens (including phenoxy) is 2. The SMILES string of the molecule is CCOc1cc2c(cc1NC(=O)c1ccccc1C(F)(F)F)O[C@@H](C)C2. The molecular weight excluding hydrogens is 347 g/mol. The molecule has 0 bridgehead atoms. The summed E-state index contributed by atoms with van der Waals surface area (Å²) in [6, 6.07) is 8.01. The van der Waals surface area contributed by atoms with Crippen LogP contribution in [0.3, 0.4) is 0 Å². The molecule has 0 spiro atoms. The van der Waals surface area contributed by atoms with E-state index in [-0.39, 0.29) is 11.8 Å². The Labute approximate surface area is 148 Å². The Morgan fingerprint density at radius 2 is 2.04 bits per heavy atom. The van der Waals surface area contributed by atoms with E-state index < -0.39 is 23.2 Å². The van der Waals surface area contributed by atoms with Gasteiger partial charge in [-0.3, -0.25) is 4.79 Å². The van der Waals surface area contributed by atoms with Crippen molar-refractivity contribution in [2.75, 3.05) is 11.9 Å². The maximum absolute atomic E-state index is 13.1. The maximum Gasteiger partial charge on any atom is 0.417 e. The Morgan fingerprint density at radius 3 is 2.73 bits per heavy atom. The summed E-state index contributed by atoms with van der Waals surface area (Å²) in [5.74, 6) is 0.145. The number of amides is 1. The van der Waals surface area contributed by atoms with Crippen LogP contribution in [-0.2, 0) is 12.6 Å².